The largest absolute Gasteiger partial charge is 0.268 e. The lowest BCUT2D eigenvalue weighted by atomic mass is 9.80. The van der Waals surface area contributed by atoms with E-state index in [0.29, 0.717) is 16.8 Å². The summed E-state index contributed by atoms with van der Waals surface area (Å²) < 4.78 is 0.859. The first-order valence-corrected chi connectivity index (χ1v) is 14.5. The van der Waals surface area contributed by atoms with Crippen LogP contribution in [0.1, 0.15) is 73.4 Å². The lowest BCUT2D eigenvalue weighted by Gasteiger charge is -2.34. The molecular formula is C36H30BrNO2. The van der Waals surface area contributed by atoms with Gasteiger partial charge in [-0.05, 0) is 67.1 Å². The summed E-state index contributed by atoms with van der Waals surface area (Å²) in [4.78, 5) is 30.3. The Balaban J connectivity index is 1.58. The molecule has 0 spiro atoms. The standard InChI is InChI=1S/C36H30BrNO2/c1-35(2,3)20-13-16-26(36(4,5)6)28(17-20)38-33(39)24-15-14-22-21-11-7-9-19-10-8-12-23(29(19)21)31-27(37)18-25(34(38)40)30(24)32(22)31/h7-18H,1-6H3. The fraction of sp³-hybridized carbons (Fsp3) is 0.222. The number of imide groups is 1. The highest BCUT2D eigenvalue weighted by molar-refractivity contribution is 9.10. The highest BCUT2D eigenvalue weighted by Gasteiger charge is 2.38. The Morgan fingerprint density at radius 3 is 1.93 bits per heavy atom. The molecule has 0 N–H and O–H groups in total. The average molecular weight is 589 g/mol. The molecule has 7 rings (SSSR count). The Morgan fingerprint density at radius 1 is 0.600 bits per heavy atom. The second-order valence-electron chi connectivity index (χ2n) is 13.1. The average Bonchev–Trinajstić information content (AvgIpc) is 2.90. The first-order chi connectivity index (χ1) is 18.9. The van der Waals surface area contributed by atoms with Gasteiger partial charge in [-0.1, -0.05) is 112 Å². The molecule has 1 aliphatic heterocycles. The molecule has 0 saturated heterocycles. The smallest absolute Gasteiger partial charge is 0.266 e. The molecule has 1 heterocycles. The van der Waals surface area contributed by atoms with Crippen LogP contribution in [0.3, 0.4) is 0 Å². The lowest BCUT2D eigenvalue weighted by Crippen LogP contribution is -2.42. The third-order valence-electron chi connectivity index (χ3n) is 8.48. The van der Waals surface area contributed by atoms with Gasteiger partial charge in [0.15, 0.2) is 0 Å². The van der Waals surface area contributed by atoms with Gasteiger partial charge in [0, 0.05) is 26.2 Å². The zero-order chi connectivity index (χ0) is 28.3. The number of halogens is 1. The summed E-state index contributed by atoms with van der Waals surface area (Å²) in [6, 6.07) is 24.8. The van der Waals surface area contributed by atoms with Gasteiger partial charge in [0.2, 0.25) is 0 Å². The first kappa shape index (κ1) is 25.2. The Hall–Kier alpha value is -3.76. The number of nitrogens with zero attached hydrogens (tertiary/aromatic N) is 1. The molecule has 0 aromatic heterocycles. The van der Waals surface area contributed by atoms with Gasteiger partial charge in [0.1, 0.15) is 0 Å². The Labute approximate surface area is 242 Å². The van der Waals surface area contributed by atoms with E-state index in [2.05, 4.69) is 112 Å². The molecule has 0 radical (unpaired) electrons. The fourth-order valence-electron chi connectivity index (χ4n) is 6.51. The molecule has 6 aromatic carbocycles. The third-order valence-corrected chi connectivity index (χ3v) is 9.10. The number of hydrogen-bond donors (Lipinski definition) is 0. The van der Waals surface area contributed by atoms with E-state index in [1.165, 1.54) is 15.7 Å². The molecule has 1 aliphatic rings. The summed E-state index contributed by atoms with van der Waals surface area (Å²) >= 11 is 3.85. The van der Waals surface area contributed by atoms with Gasteiger partial charge in [-0.25, -0.2) is 4.90 Å². The molecule has 0 fully saturated rings. The van der Waals surface area contributed by atoms with Gasteiger partial charge in [0.25, 0.3) is 11.8 Å². The normalized spacial score (nSPS) is 14.4. The minimum Gasteiger partial charge on any atom is -0.268 e. The highest BCUT2D eigenvalue weighted by atomic mass is 79.9. The van der Waals surface area contributed by atoms with Crippen molar-refractivity contribution < 1.29 is 9.59 Å². The van der Waals surface area contributed by atoms with Gasteiger partial charge < -0.3 is 0 Å². The van der Waals surface area contributed by atoms with Gasteiger partial charge in [-0.3, -0.25) is 9.59 Å². The van der Waals surface area contributed by atoms with Crippen LogP contribution in [0, 0.1) is 0 Å². The molecule has 0 saturated carbocycles. The Morgan fingerprint density at radius 2 is 1.25 bits per heavy atom. The van der Waals surface area contributed by atoms with Crippen LogP contribution in [-0.4, -0.2) is 11.8 Å². The molecule has 0 bridgehead atoms. The summed E-state index contributed by atoms with van der Waals surface area (Å²) in [7, 11) is 0. The van der Waals surface area contributed by atoms with Gasteiger partial charge in [-0.15, -0.1) is 0 Å². The molecule has 3 nitrogen and oxygen atoms in total. The number of amides is 2. The van der Waals surface area contributed by atoms with Crippen LogP contribution < -0.4 is 4.90 Å². The van der Waals surface area contributed by atoms with Crippen molar-refractivity contribution in [3.63, 3.8) is 0 Å². The summed E-state index contributed by atoms with van der Waals surface area (Å²) in [5, 5.41) is 8.43. The van der Waals surface area contributed by atoms with E-state index in [4.69, 9.17) is 0 Å². The van der Waals surface area contributed by atoms with Gasteiger partial charge in [-0.2, -0.15) is 0 Å². The van der Waals surface area contributed by atoms with E-state index in [0.717, 1.165) is 47.9 Å². The van der Waals surface area contributed by atoms with Crippen molar-refractivity contribution >= 4 is 76.5 Å². The number of benzene rings is 6. The number of carbonyl (C=O) groups is 2. The van der Waals surface area contributed by atoms with E-state index in [1.807, 2.05) is 18.2 Å². The monoisotopic (exact) mass is 587 g/mol. The zero-order valence-corrected chi connectivity index (χ0v) is 25.2. The van der Waals surface area contributed by atoms with E-state index in [-0.39, 0.29) is 22.6 Å². The van der Waals surface area contributed by atoms with Gasteiger partial charge in [0.05, 0.1) is 11.3 Å². The van der Waals surface area contributed by atoms with Crippen molar-refractivity contribution in [2.45, 2.75) is 52.4 Å². The van der Waals surface area contributed by atoms with E-state index >= 15 is 0 Å². The Kier molecular flexibility index (Phi) is 5.13. The lowest BCUT2D eigenvalue weighted by molar-refractivity contribution is 0.0893. The van der Waals surface area contributed by atoms with Crippen molar-refractivity contribution in [1.29, 1.82) is 0 Å². The number of rotatable bonds is 1. The van der Waals surface area contributed by atoms with E-state index < -0.39 is 0 Å². The third kappa shape index (κ3) is 3.35. The van der Waals surface area contributed by atoms with Crippen LogP contribution in [0.25, 0.3) is 43.1 Å². The van der Waals surface area contributed by atoms with Crippen LogP contribution in [0.5, 0.6) is 0 Å². The molecular weight excluding hydrogens is 558 g/mol. The highest BCUT2D eigenvalue weighted by Crippen LogP contribution is 2.48. The van der Waals surface area contributed by atoms with E-state index in [1.54, 1.807) is 0 Å². The SMILES string of the molecule is CC(C)(C)c1ccc(C(C)(C)C)c(N2C(=O)c3ccc4c5cccc6cccc(c7c(Br)cc(c3c47)C2=O)c65)c1. The summed E-state index contributed by atoms with van der Waals surface area (Å²) in [5.41, 5.74) is 3.43. The van der Waals surface area contributed by atoms with Crippen molar-refractivity contribution in [2.24, 2.45) is 0 Å². The Bertz CT molecular complexity index is 2070. The minimum absolute atomic E-state index is 0.136. The molecule has 0 atom stereocenters. The van der Waals surface area contributed by atoms with Crippen LogP contribution in [-0.2, 0) is 10.8 Å². The molecule has 0 aliphatic carbocycles. The van der Waals surface area contributed by atoms with Crippen molar-refractivity contribution in [3.8, 4) is 0 Å². The summed E-state index contributed by atoms with van der Waals surface area (Å²) in [6.07, 6.45) is 0. The number of carbonyl (C=O) groups excluding carboxylic acids is 2. The predicted octanol–water partition coefficient (Wildman–Crippen LogP) is 9.90. The van der Waals surface area contributed by atoms with Gasteiger partial charge >= 0.3 is 0 Å². The zero-order valence-electron chi connectivity index (χ0n) is 23.6. The van der Waals surface area contributed by atoms with Crippen molar-refractivity contribution in [1.82, 2.24) is 0 Å². The molecule has 0 unspecified atom stereocenters. The van der Waals surface area contributed by atoms with Crippen LogP contribution in [0.2, 0.25) is 0 Å². The second-order valence-corrected chi connectivity index (χ2v) is 13.9. The molecule has 198 valence electrons. The first-order valence-electron chi connectivity index (χ1n) is 13.7. The predicted molar refractivity (Wildman–Crippen MR) is 170 cm³/mol. The summed E-state index contributed by atoms with van der Waals surface area (Å²) in [5.74, 6) is -0.554. The molecule has 2 amide bonds. The number of fused-ring (bicyclic) bond motifs is 2. The van der Waals surface area contributed by atoms with Crippen molar-refractivity contribution in [2.75, 3.05) is 4.90 Å². The summed E-state index contributed by atoms with van der Waals surface area (Å²) in [6.45, 7) is 12.8. The maximum atomic E-state index is 14.5. The van der Waals surface area contributed by atoms with Crippen LogP contribution in [0.4, 0.5) is 5.69 Å². The molecule has 4 heteroatoms. The topological polar surface area (TPSA) is 37.4 Å². The number of hydrogen-bond acceptors (Lipinski definition) is 2. The van der Waals surface area contributed by atoms with Crippen LogP contribution >= 0.6 is 15.9 Å². The molecule has 6 aromatic rings. The van der Waals surface area contributed by atoms with Crippen molar-refractivity contribution in [3.05, 3.63) is 99.5 Å². The fourth-order valence-corrected chi connectivity index (χ4v) is 7.15. The quantitative estimate of drug-likeness (QED) is 0.109. The maximum absolute atomic E-state index is 14.5. The van der Waals surface area contributed by atoms with E-state index in [9.17, 15) is 9.59 Å². The maximum Gasteiger partial charge on any atom is 0.266 e. The number of anilines is 1. The minimum atomic E-state index is -0.282. The van der Waals surface area contributed by atoms with Crippen LogP contribution in [0.15, 0.2) is 77.3 Å². The second kappa shape index (κ2) is 8.14. The molecule has 40 heavy (non-hydrogen) atoms.